The van der Waals surface area contributed by atoms with Crippen molar-refractivity contribution in [1.82, 2.24) is 25.3 Å². The average molecular weight is 310 g/mol. The number of aromatic nitrogens is 3. The number of rotatable bonds is 4. The second-order valence-corrected chi connectivity index (χ2v) is 6.84. The van der Waals surface area contributed by atoms with Gasteiger partial charge in [-0.15, -0.1) is 5.10 Å². The van der Waals surface area contributed by atoms with Crippen LogP contribution >= 0.6 is 0 Å². The highest BCUT2D eigenvalue weighted by Gasteiger charge is 2.34. The third-order valence-corrected chi connectivity index (χ3v) is 3.74. The zero-order chi connectivity index (χ0) is 16.3. The summed E-state index contributed by atoms with van der Waals surface area (Å²) in [6, 6.07) is 0.0594. The van der Waals surface area contributed by atoms with Crippen molar-refractivity contribution in [2.24, 2.45) is 18.8 Å². The lowest BCUT2D eigenvalue weighted by Gasteiger charge is -2.25. The number of hydrazine groups is 1. The van der Waals surface area contributed by atoms with Gasteiger partial charge in [0.25, 0.3) is 0 Å². The molecule has 0 aromatic carbocycles. The molecule has 1 aromatic rings. The number of nitrogens with two attached hydrogens (primary N) is 1. The molecule has 8 heteroatoms. The summed E-state index contributed by atoms with van der Waals surface area (Å²) in [5.74, 6) is 5.97. The molecular weight excluding hydrogens is 284 g/mol. The van der Waals surface area contributed by atoms with Crippen LogP contribution in [-0.4, -0.2) is 50.7 Å². The second-order valence-electron chi connectivity index (χ2n) is 6.84. The molecule has 1 saturated heterocycles. The Labute approximate surface area is 130 Å². The van der Waals surface area contributed by atoms with Crippen molar-refractivity contribution in [2.45, 2.75) is 45.3 Å². The van der Waals surface area contributed by atoms with Crippen LogP contribution in [0.2, 0.25) is 0 Å². The van der Waals surface area contributed by atoms with Gasteiger partial charge in [0.05, 0.1) is 5.69 Å². The Morgan fingerprint density at radius 3 is 2.86 bits per heavy atom. The van der Waals surface area contributed by atoms with E-state index in [0.717, 1.165) is 12.1 Å². The Morgan fingerprint density at radius 2 is 2.32 bits per heavy atom. The van der Waals surface area contributed by atoms with Crippen molar-refractivity contribution < 1.29 is 9.53 Å². The summed E-state index contributed by atoms with van der Waals surface area (Å²) < 4.78 is 7.09. The second kappa shape index (κ2) is 6.62. The van der Waals surface area contributed by atoms with Crippen LogP contribution in [0.4, 0.5) is 4.79 Å². The zero-order valence-electron chi connectivity index (χ0n) is 13.7. The summed E-state index contributed by atoms with van der Waals surface area (Å²) in [4.78, 5) is 13.9. The normalized spacial score (nSPS) is 20.2. The van der Waals surface area contributed by atoms with Crippen molar-refractivity contribution in [3.63, 3.8) is 0 Å². The number of carbonyl (C=O) groups excluding carboxylic acids is 1. The van der Waals surface area contributed by atoms with E-state index in [1.807, 2.05) is 34.0 Å². The smallest absolute Gasteiger partial charge is 0.410 e. The van der Waals surface area contributed by atoms with E-state index >= 15 is 0 Å². The highest BCUT2D eigenvalue weighted by molar-refractivity contribution is 5.68. The predicted octanol–water partition coefficient (Wildman–Crippen LogP) is 0.447. The molecular formula is C14H26N6O2. The molecule has 1 fully saturated rings. The van der Waals surface area contributed by atoms with Gasteiger partial charge in [-0.3, -0.25) is 16.0 Å². The monoisotopic (exact) mass is 310 g/mol. The van der Waals surface area contributed by atoms with E-state index in [4.69, 9.17) is 10.6 Å². The number of ether oxygens (including phenoxy) is 1. The Bertz CT molecular complexity index is 510. The van der Waals surface area contributed by atoms with Crippen LogP contribution in [0.1, 0.15) is 32.9 Å². The van der Waals surface area contributed by atoms with Crippen molar-refractivity contribution in [2.75, 3.05) is 13.1 Å². The molecule has 1 aliphatic heterocycles. The molecule has 1 aliphatic rings. The Balaban J connectivity index is 1.91. The minimum atomic E-state index is -0.472. The van der Waals surface area contributed by atoms with Gasteiger partial charge < -0.3 is 9.64 Å². The first-order chi connectivity index (χ1) is 10.3. The number of likely N-dealkylation sites (tertiary alicyclic amines) is 1. The maximum atomic E-state index is 12.1. The fourth-order valence-electron chi connectivity index (χ4n) is 2.68. The average Bonchev–Trinajstić information content (AvgIpc) is 3.03. The molecule has 22 heavy (non-hydrogen) atoms. The lowest BCUT2D eigenvalue weighted by Crippen LogP contribution is -2.44. The Kier molecular flexibility index (Phi) is 5.02. The summed E-state index contributed by atoms with van der Waals surface area (Å²) in [6.07, 6.45) is 3.21. The van der Waals surface area contributed by atoms with Gasteiger partial charge in [0.15, 0.2) is 0 Å². The molecule has 8 nitrogen and oxygen atoms in total. The van der Waals surface area contributed by atoms with Gasteiger partial charge in [-0.1, -0.05) is 5.21 Å². The summed E-state index contributed by atoms with van der Waals surface area (Å²) in [6.45, 7) is 6.95. The summed E-state index contributed by atoms with van der Waals surface area (Å²) in [5, 5.41) is 8.02. The molecule has 124 valence electrons. The molecule has 2 rings (SSSR count). The van der Waals surface area contributed by atoms with E-state index in [-0.39, 0.29) is 18.1 Å². The van der Waals surface area contributed by atoms with E-state index in [0.29, 0.717) is 19.5 Å². The van der Waals surface area contributed by atoms with E-state index < -0.39 is 5.60 Å². The van der Waals surface area contributed by atoms with Gasteiger partial charge in [-0.25, -0.2) is 4.79 Å². The fourth-order valence-corrected chi connectivity index (χ4v) is 2.68. The van der Waals surface area contributed by atoms with Gasteiger partial charge in [-0.2, -0.15) is 0 Å². The van der Waals surface area contributed by atoms with Crippen LogP contribution in [0.5, 0.6) is 0 Å². The first kappa shape index (κ1) is 16.7. The first-order valence-corrected chi connectivity index (χ1v) is 7.58. The molecule has 0 spiro atoms. The van der Waals surface area contributed by atoms with Crippen LogP contribution in [-0.2, 0) is 18.2 Å². The van der Waals surface area contributed by atoms with Crippen LogP contribution < -0.4 is 11.3 Å². The number of hydrogen-bond donors (Lipinski definition) is 2. The molecule has 0 saturated carbocycles. The molecule has 0 bridgehead atoms. The number of carbonyl (C=O) groups is 1. The minimum absolute atomic E-state index is 0.0594. The quantitative estimate of drug-likeness (QED) is 0.619. The fraction of sp³-hybridized carbons (Fsp3) is 0.786. The van der Waals surface area contributed by atoms with Gasteiger partial charge in [0, 0.05) is 38.8 Å². The van der Waals surface area contributed by atoms with Crippen molar-refractivity contribution in [3.8, 4) is 0 Å². The Morgan fingerprint density at radius 1 is 1.59 bits per heavy atom. The van der Waals surface area contributed by atoms with Gasteiger partial charge in [0.1, 0.15) is 5.60 Å². The first-order valence-electron chi connectivity index (χ1n) is 7.58. The summed E-state index contributed by atoms with van der Waals surface area (Å²) >= 11 is 0. The summed E-state index contributed by atoms with van der Waals surface area (Å²) in [7, 11) is 1.83. The number of nitrogens with zero attached hydrogens (tertiary/aromatic N) is 4. The third kappa shape index (κ3) is 4.41. The molecule has 3 N–H and O–H groups in total. The maximum Gasteiger partial charge on any atom is 0.410 e. The van der Waals surface area contributed by atoms with Crippen LogP contribution in [0, 0.1) is 5.92 Å². The van der Waals surface area contributed by atoms with Gasteiger partial charge >= 0.3 is 6.09 Å². The SMILES string of the molecule is Cn1cc(CC(NN)C2CCN(C(=O)OC(C)(C)C)C2)nn1. The Hall–Kier alpha value is -1.67. The highest BCUT2D eigenvalue weighted by atomic mass is 16.6. The van der Waals surface area contributed by atoms with E-state index in [1.54, 1.807) is 9.58 Å². The molecule has 2 atom stereocenters. The number of aryl methyl sites for hydroxylation is 1. The standard InChI is InChI=1S/C14H26N6O2/c1-14(2,3)22-13(21)20-6-5-10(8-20)12(16-15)7-11-9-19(4)18-17-11/h9-10,12,16H,5-8,15H2,1-4H3. The molecule has 0 aliphatic carbocycles. The van der Waals surface area contributed by atoms with Crippen molar-refractivity contribution in [3.05, 3.63) is 11.9 Å². The molecule has 1 amide bonds. The topological polar surface area (TPSA) is 98.3 Å². The maximum absolute atomic E-state index is 12.1. The van der Waals surface area contributed by atoms with Crippen molar-refractivity contribution in [1.29, 1.82) is 0 Å². The van der Waals surface area contributed by atoms with E-state index in [9.17, 15) is 4.79 Å². The van der Waals surface area contributed by atoms with Gasteiger partial charge in [-0.05, 0) is 33.1 Å². The number of amides is 1. The van der Waals surface area contributed by atoms with Crippen LogP contribution in [0.3, 0.4) is 0 Å². The zero-order valence-corrected chi connectivity index (χ0v) is 13.7. The molecule has 0 radical (unpaired) electrons. The molecule has 2 unspecified atom stereocenters. The largest absolute Gasteiger partial charge is 0.444 e. The predicted molar refractivity (Wildman–Crippen MR) is 81.7 cm³/mol. The van der Waals surface area contributed by atoms with Gasteiger partial charge in [0.2, 0.25) is 0 Å². The third-order valence-electron chi connectivity index (χ3n) is 3.74. The lowest BCUT2D eigenvalue weighted by atomic mass is 9.95. The van der Waals surface area contributed by atoms with E-state index in [1.165, 1.54) is 0 Å². The summed E-state index contributed by atoms with van der Waals surface area (Å²) in [5.41, 5.74) is 3.27. The van der Waals surface area contributed by atoms with Crippen molar-refractivity contribution >= 4 is 6.09 Å². The lowest BCUT2D eigenvalue weighted by molar-refractivity contribution is 0.0285. The molecule has 2 heterocycles. The number of hydrogen-bond acceptors (Lipinski definition) is 6. The van der Waals surface area contributed by atoms with Crippen LogP contribution in [0.25, 0.3) is 0 Å². The highest BCUT2D eigenvalue weighted by Crippen LogP contribution is 2.23. The van der Waals surface area contributed by atoms with E-state index in [2.05, 4.69) is 15.7 Å². The molecule has 1 aromatic heterocycles. The minimum Gasteiger partial charge on any atom is -0.444 e. The number of nitrogens with one attached hydrogen (secondary N) is 1. The van der Waals surface area contributed by atoms with Crippen LogP contribution in [0.15, 0.2) is 6.20 Å².